The topological polar surface area (TPSA) is 76.2 Å². The highest BCUT2D eigenvalue weighted by molar-refractivity contribution is 6.09. The van der Waals surface area contributed by atoms with Gasteiger partial charge in [-0.3, -0.25) is 9.69 Å². The Hall–Kier alpha value is -2.05. The number of carbonyl (C=O) groups excluding carboxylic acids is 3. The molecule has 0 aromatic carbocycles. The van der Waals surface area contributed by atoms with Crippen LogP contribution in [-0.2, 0) is 19.1 Å². The van der Waals surface area contributed by atoms with E-state index in [-0.39, 0.29) is 24.5 Å². The van der Waals surface area contributed by atoms with Crippen LogP contribution in [0.2, 0.25) is 0 Å². The number of amides is 1. The van der Waals surface area contributed by atoms with Gasteiger partial charge in [0.05, 0.1) is 13.2 Å². The summed E-state index contributed by atoms with van der Waals surface area (Å²) >= 11 is 0. The molecule has 0 aromatic heterocycles. The minimum atomic E-state index is -1.07. The van der Waals surface area contributed by atoms with Crippen LogP contribution in [0.4, 0.5) is 4.79 Å². The number of likely N-dealkylation sites (tertiary alicyclic amines) is 1. The highest BCUT2D eigenvalue weighted by atomic mass is 16.6. The summed E-state index contributed by atoms with van der Waals surface area (Å²) < 4.78 is 10.3. The zero-order valence-corrected chi connectivity index (χ0v) is 14.0. The van der Waals surface area contributed by atoms with Gasteiger partial charge in [0.15, 0.2) is 11.8 Å². The first kappa shape index (κ1) is 18.0. The maximum Gasteiger partial charge on any atom is 0.411 e. The molecule has 1 aliphatic rings. The summed E-state index contributed by atoms with van der Waals surface area (Å²) in [6.45, 7) is 6.80. The van der Waals surface area contributed by atoms with Crippen LogP contribution in [0.15, 0.2) is 11.8 Å². The van der Waals surface area contributed by atoms with E-state index in [0.717, 1.165) is 4.90 Å². The molecule has 0 N–H and O–H groups in total. The average Bonchev–Trinajstić information content (AvgIpc) is 2.64. The Kier molecular flexibility index (Phi) is 5.57. The monoisotopic (exact) mass is 312 g/mol. The van der Waals surface area contributed by atoms with Gasteiger partial charge in [0.2, 0.25) is 0 Å². The minimum absolute atomic E-state index is 0.168. The first-order chi connectivity index (χ1) is 10.1. The number of rotatable bonds is 3. The predicted molar refractivity (Wildman–Crippen MR) is 80.1 cm³/mol. The third kappa shape index (κ3) is 4.47. The molecule has 124 valence electrons. The molecule has 0 saturated carbocycles. The number of esters is 1. The quantitative estimate of drug-likeness (QED) is 0.575. The average molecular weight is 312 g/mol. The Balaban J connectivity index is 3.13. The molecule has 22 heavy (non-hydrogen) atoms. The Morgan fingerprint density at radius 3 is 2.41 bits per heavy atom. The van der Waals surface area contributed by atoms with E-state index >= 15 is 0 Å². The van der Waals surface area contributed by atoms with Crippen molar-refractivity contribution in [2.24, 2.45) is 0 Å². The molecule has 7 heteroatoms. The van der Waals surface area contributed by atoms with Gasteiger partial charge >= 0.3 is 12.1 Å². The summed E-state index contributed by atoms with van der Waals surface area (Å²) in [6, 6.07) is -1.07. The van der Waals surface area contributed by atoms with Gasteiger partial charge in [-0.1, -0.05) is 0 Å². The molecule has 1 heterocycles. The molecule has 0 unspecified atom stereocenters. The van der Waals surface area contributed by atoms with Crippen LogP contribution in [0, 0.1) is 0 Å². The highest BCUT2D eigenvalue weighted by Gasteiger charge is 2.45. The van der Waals surface area contributed by atoms with E-state index in [4.69, 9.17) is 9.47 Å². The molecular weight excluding hydrogens is 288 g/mol. The smallest absolute Gasteiger partial charge is 0.411 e. The maximum absolute atomic E-state index is 12.3. The van der Waals surface area contributed by atoms with Crippen molar-refractivity contribution < 1.29 is 23.9 Å². The largest absolute Gasteiger partial charge is 0.464 e. The lowest BCUT2D eigenvalue weighted by Gasteiger charge is -2.27. The van der Waals surface area contributed by atoms with Crippen LogP contribution in [0.25, 0.3) is 0 Å². The molecule has 1 fully saturated rings. The number of hydrogen-bond donors (Lipinski definition) is 0. The normalized spacial score (nSPS) is 20.3. The molecular formula is C15H24N2O5. The molecule has 1 rings (SSSR count). The summed E-state index contributed by atoms with van der Waals surface area (Å²) in [7, 11) is 3.47. The van der Waals surface area contributed by atoms with Gasteiger partial charge in [0, 0.05) is 25.9 Å². The Labute approximate surface area is 130 Å². The van der Waals surface area contributed by atoms with Crippen molar-refractivity contribution in [3.8, 4) is 0 Å². The molecule has 7 nitrogen and oxygen atoms in total. The standard InChI is InChI=1S/C15H24N2O5/c1-7-21-13(19)12-10(8-16(5)6)11(18)9-17(12)14(20)22-15(2,3)4/h8,12H,7,9H2,1-6H3/b10-8-/t12-/m0/s1. The summed E-state index contributed by atoms with van der Waals surface area (Å²) in [5.74, 6) is -0.926. The minimum Gasteiger partial charge on any atom is -0.464 e. The first-order valence-electron chi connectivity index (χ1n) is 7.14. The van der Waals surface area contributed by atoms with Crippen molar-refractivity contribution in [3.05, 3.63) is 11.8 Å². The number of carbonyl (C=O) groups is 3. The second-order valence-corrected chi connectivity index (χ2v) is 6.23. The SMILES string of the molecule is CCOC(=O)[C@@H]1/C(=C\N(C)C)C(=O)CN1C(=O)OC(C)(C)C. The molecule has 0 bridgehead atoms. The number of ketones is 1. The first-order valence-corrected chi connectivity index (χ1v) is 7.14. The predicted octanol–water partition coefficient (Wildman–Crippen LogP) is 1.18. The number of ether oxygens (including phenoxy) is 2. The van der Waals surface area contributed by atoms with Crippen LogP contribution < -0.4 is 0 Å². The van der Waals surface area contributed by atoms with E-state index in [9.17, 15) is 14.4 Å². The molecule has 0 aromatic rings. The van der Waals surface area contributed by atoms with Gasteiger partial charge in [-0.2, -0.15) is 0 Å². The van der Waals surface area contributed by atoms with Crippen molar-refractivity contribution in [1.29, 1.82) is 0 Å². The van der Waals surface area contributed by atoms with Gasteiger partial charge < -0.3 is 14.4 Å². The van der Waals surface area contributed by atoms with E-state index in [1.807, 2.05) is 0 Å². The van der Waals surface area contributed by atoms with Crippen molar-refractivity contribution in [2.75, 3.05) is 27.2 Å². The fourth-order valence-electron chi connectivity index (χ4n) is 2.04. The maximum atomic E-state index is 12.3. The Morgan fingerprint density at radius 1 is 1.36 bits per heavy atom. The van der Waals surface area contributed by atoms with E-state index in [2.05, 4.69) is 0 Å². The third-order valence-corrected chi connectivity index (χ3v) is 2.78. The lowest BCUT2D eigenvalue weighted by atomic mass is 10.1. The molecule has 1 aliphatic heterocycles. The van der Waals surface area contributed by atoms with Crippen molar-refractivity contribution in [1.82, 2.24) is 9.80 Å². The fourth-order valence-corrected chi connectivity index (χ4v) is 2.04. The van der Waals surface area contributed by atoms with E-state index < -0.39 is 23.7 Å². The number of Topliss-reactive ketones (excluding diaryl/α,β-unsaturated/α-hetero) is 1. The third-order valence-electron chi connectivity index (χ3n) is 2.78. The van der Waals surface area contributed by atoms with Crippen LogP contribution in [-0.4, -0.2) is 66.5 Å². The fraction of sp³-hybridized carbons (Fsp3) is 0.667. The van der Waals surface area contributed by atoms with Gasteiger partial charge in [-0.25, -0.2) is 9.59 Å². The Morgan fingerprint density at radius 2 is 1.95 bits per heavy atom. The van der Waals surface area contributed by atoms with Gasteiger partial charge in [-0.15, -0.1) is 0 Å². The number of hydrogen-bond acceptors (Lipinski definition) is 6. The molecule has 0 radical (unpaired) electrons. The molecule has 1 saturated heterocycles. The lowest BCUT2D eigenvalue weighted by Crippen LogP contribution is -2.44. The van der Waals surface area contributed by atoms with Gasteiger partial charge in [0.25, 0.3) is 0 Å². The van der Waals surface area contributed by atoms with Crippen LogP contribution >= 0.6 is 0 Å². The molecule has 1 atom stereocenters. The van der Waals surface area contributed by atoms with Gasteiger partial charge in [0.1, 0.15) is 5.60 Å². The van der Waals surface area contributed by atoms with Crippen LogP contribution in [0.5, 0.6) is 0 Å². The zero-order valence-electron chi connectivity index (χ0n) is 14.0. The molecule has 0 spiro atoms. The van der Waals surface area contributed by atoms with E-state index in [1.165, 1.54) is 6.20 Å². The van der Waals surface area contributed by atoms with Gasteiger partial charge in [-0.05, 0) is 27.7 Å². The molecule has 1 amide bonds. The summed E-state index contributed by atoms with van der Waals surface area (Å²) in [5.41, 5.74) is -0.484. The van der Waals surface area contributed by atoms with E-state index in [1.54, 1.807) is 46.7 Å². The summed E-state index contributed by atoms with van der Waals surface area (Å²) in [5, 5.41) is 0. The second kappa shape index (κ2) is 6.81. The Bertz CT molecular complexity index is 491. The van der Waals surface area contributed by atoms with E-state index in [0.29, 0.717) is 0 Å². The van der Waals surface area contributed by atoms with Crippen molar-refractivity contribution in [3.63, 3.8) is 0 Å². The second-order valence-electron chi connectivity index (χ2n) is 6.23. The lowest BCUT2D eigenvalue weighted by molar-refractivity contribution is -0.147. The summed E-state index contributed by atoms with van der Waals surface area (Å²) in [6.07, 6.45) is 0.829. The van der Waals surface area contributed by atoms with Crippen molar-refractivity contribution in [2.45, 2.75) is 39.3 Å². The summed E-state index contributed by atoms with van der Waals surface area (Å²) in [4.78, 5) is 39.4. The number of nitrogens with zero attached hydrogens (tertiary/aromatic N) is 2. The zero-order chi connectivity index (χ0) is 17.1. The van der Waals surface area contributed by atoms with Crippen molar-refractivity contribution >= 4 is 17.8 Å². The highest BCUT2D eigenvalue weighted by Crippen LogP contribution is 2.25. The van der Waals surface area contributed by atoms with Crippen LogP contribution in [0.3, 0.4) is 0 Å². The van der Waals surface area contributed by atoms with Crippen LogP contribution in [0.1, 0.15) is 27.7 Å². The molecule has 0 aliphatic carbocycles.